The van der Waals surface area contributed by atoms with Crippen LogP contribution in [-0.4, -0.2) is 0 Å². The van der Waals surface area contributed by atoms with Gasteiger partial charge in [0.2, 0.25) is 0 Å². The van der Waals surface area contributed by atoms with Crippen molar-refractivity contribution in [2.24, 2.45) is 0 Å². The Morgan fingerprint density at radius 3 is 1.68 bits per heavy atom. The van der Waals surface area contributed by atoms with Gasteiger partial charge >= 0.3 is 0 Å². The average Bonchev–Trinajstić information content (AvgIpc) is 3.65. The van der Waals surface area contributed by atoms with E-state index >= 15 is 0 Å². The molecule has 0 aliphatic carbocycles. The van der Waals surface area contributed by atoms with Crippen molar-refractivity contribution >= 4 is 80.9 Å². The number of nitrogens with zero attached hydrogens (tertiary/aromatic N) is 1. The Morgan fingerprint density at radius 1 is 0.286 bits per heavy atom. The number of fused-ring (bicyclic) bond motifs is 7. The Bertz CT molecular complexity index is 3260. The average molecular weight is 730 g/mol. The molecule has 1 heterocycles. The van der Waals surface area contributed by atoms with Crippen LogP contribution >= 0.6 is 11.3 Å². The Balaban J connectivity index is 1.12. The molecule has 1 nitrogen and oxygen atoms in total. The van der Waals surface area contributed by atoms with Gasteiger partial charge in [-0.25, -0.2) is 0 Å². The first kappa shape index (κ1) is 32.4. The summed E-state index contributed by atoms with van der Waals surface area (Å²) >= 11 is 1.86. The SMILES string of the molecule is c1ccc(N(c2ccc(-c3ccc4sc5ccccc5c4c3)cc2)c2ccccc2-c2cc3ccccc3c3ccccc23)c(-c2ccc3ccccc3c2)c1. The second kappa shape index (κ2) is 13.4. The minimum absolute atomic E-state index is 1.10. The molecule has 11 rings (SSSR count). The second-order valence-corrected chi connectivity index (χ2v) is 15.6. The lowest BCUT2D eigenvalue weighted by Crippen LogP contribution is -2.12. The predicted molar refractivity (Wildman–Crippen MR) is 243 cm³/mol. The van der Waals surface area contributed by atoms with Crippen molar-refractivity contribution in [3.8, 4) is 33.4 Å². The summed E-state index contributed by atoms with van der Waals surface area (Å²) in [6.07, 6.45) is 0. The molecule has 0 radical (unpaired) electrons. The van der Waals surface area contributed by atoms with Crippen molar-refractivity contribution in [2.75, 3.05) is 4.90 Å². The smallest absolute Gasteiger partial charge is 0.0540 e. The largest absolute Gasteiger partial charge is 0.309 e. The Labute approximate surface area is 330 Å². The normalized spacial score (nSPS) is 11.6. The summed E-state index contributed by atoms with van der Waals surface area (Å²) in [5.74, 6) is 0. The van der Waals surface area contributed by atoms with Gasteiger partial charge < -0.3 is 4.90 Å². The van der Waals surface area contributed by atoms with Gasteiger partial charge in [-0.2, -0.15) is 0 Å². The molecule has 11 aromatic rings. The van der Waals surface area contributed by atoms with Crippen molar-refractivity contribution in [1.82, 2.24) is 0 Å². The number of anilines is 3. The monoisotopic (exact) mass is 729 g/mol. The van der Waals surface area contributed by atoms with Gasteiger partial charge in [-0.3, -0.25) is 0 Å². The number of rotatable bonds is 6. The van der Waals surface area contributed by atoms with Gasteiger partial charge in [0, 0.05) is 37.0 Å². The molecule has 0 aliphatic rings. The van der Waals surface area contributed by atoms with Gasteiger partial charge in [0.1, 0.15) is 0 Å². The summed E-state index contributed by atoms with van der Waals surface area (Å²) < 4.78 is 2.65. The zero-order chi connectivity index (χ0) is 37.0. The van der Waals surface area contributed by atoms with Crippen molar-refractivity contribution < 1.29 is 0 Å². The Kier molecular flexibility index (Phi) is 7.75. The maximum absolute atomic E-state index is 2.46. The van der Waals surface area contributed by atoms with E-state index in [9.17, 15) is 0 Å². The molecule has 0 unspecified atom stereocenters. The molecule has 10 aromatic carbocycles. The van der Waals surface area contributed by atoms with Crippen LogP contribution in [0.15, 0.2) is 212 Å². The maximum Gasteiger partial charge on any atom is 0.0540 e. The molecule has 0 N–H and O–H groups in total. The third-order valence-corrected chi connectivity index (χ3v) is 12.4. The second-order valence-electron chi connectivity index (χ2n) is 14.5. The number of hydrogen-bond acceptors (Lipinski definition) is 2. The van der Waals surface area contributed by atoms with Crippen LogP contribution in [-0.2, 0) is 0 Å². The lowest BCUT2D eigenvalue weighted by Gasteiger charge is -2.30. The number of benzene rings is 10. The van der Waals surface area contributed by atoms with Crippen LogP contribution in [0.4, 0.5) is 17.1 Å². The van der Waals surface area contributed by atoms with E-state index in [1.54, 1.807) is 0 Å². The quantitative estimate of drug-likeness (QED) is 0.154. The molecule has 0 atom stereocenters. The minimum atomic E-state index is 1.10. The zero-order valence-corrected chi connectivity index (χ0v) is 31.4. The number of thiophene rings is 1. The molecule has 2 heteroatoms. The van der Waals surface area contributed by atoms with Crippen LogP contribution in [0.2, 0.25) is 0 Å². The molecule has 0 fully saturated rings. The summed E-state index contributed by atoms with van der Waals surface area (Å²) in [7, 11) is 0. The molecule has 0 saturated carbocycles. The zero-order valence-electron chi connectivity index (χ0n) is 30.6. The molecule has 0 aliphatic heterocycles. The van der Waals surface area contributed by atoms with Gasteiger partial charge in [-0.15, -0.1) is 11.3 Å². The van der Waals surface area contributed by atoms with Crippen molar-refractivity contribution in [3.05, 3.63) is 212 Å². The van der Waals surface area contributed by atoms with Gasteiger partial charge in [0.05, 0.1) is 11.4 Å². The minimum Gasteiger partial charge on any atom is -0.309 e. The van der Waals surface area contributed by atoms with Crippen LogP contribution in [0.3, 0.4) is 0 Å². The van der Waals surface area contributed by atoms with E-state index in [-0.39, 0.29) is 0 Å². The molecule has 262 valence electrons. The topological polar surface area (TPSA) is 3.24 Å². The first-order valence-electron chi connectivity index (χ1n) is 19.2. The van der Waals surface area contributed by atoms with Crippen molar-refractivity contribution in [3.63, 3.8) is 0 Å². The standard InChI is InChI=1S/C54H35NS/c1-2-14-38-33-41(26-25-36(38)13-1)44-17-7-10-22-51(44)55(42-30-27-37(28-31-42)39-29-32-54-50(34-39)48-21-9-12-24-53(48)56-54)52-23-11-8-20-47(52)49-35-40-15-3-4-16-43(40)45-18-5-6-19-46(45)49/h1-35H. The molecular formula is C54H35NS. The van der Waals surface area contributed by atoms with E-state index in [4.69, 9.17) is 0 Å². The van der Waals surface area contributed by atoms with E-state index in [1.807, 2.05) is 11.3 Å². The van der Waals surface area contributed by atoms with E-state index in [2.05, 4.69) is 217 Å². The van der Waals surface area contributed by atoms with E-state index < -0.39 is 0 Å². The highest BCUT2D eigenvalue weighted by molar-refractivity contribution is 7.25. The highest BCUT2D eigenvalue weighted by Crippen LogP contribution is 2.47. The molecule has 0 amide bonds. The van der Waals surface area contributed by atoms with Crippen molar-refractivity contribution in [1.29, 1.82) is 0 Å². The lowest BCUT2D eigenvalue weighted by molar-refractivity contribution is 1.28. The van der Waals surface area contributed by atoms with Crippen LogP contribution in [0.5, 0.6) is 0 Å². The highest BCUT2D eigenvalue weighted by atomic mass is 32.1. The number of para-hydroxylation sites is 2. The fraction of sp³-hybridized carbons (Fsp3) is 0. The maximum atomic E-state index is 2.46. The van der Waals surface area contributed by atoms with E-state index in [0.29, 0.717) is 0 Å². The van der Waals surface area contributed by atoms with Crippen LogP contribution in [0.1, 0.15) is 0 Å². The van der Waals surface area contributed by atoms with Crippen LogP contribution < -0.4 is 4.90 Å². The van der Waals surface area contributed by atoms with Crippen LogP contribution in [0.25, 0.3) is 85.9 Å². The molecule has 1 aromatic heterocycles. The summed E-state index contributed by atoms with van der Waals surface area (Å²) in [5, 5.41) is 10.1. The molecule has 0 spiro atoms. The fourth-order valence-electron chi connectivity index (χ4n) is 8.56. The van der Waals surface area contributed by atoms with Gasteiger partial charge in [0.25, 0.3) is 0 Å². The third-order valence-electron chi connectivity index (χ3n) is 11.2. The third kappa shape index (κ3) is 5.46. The van der Waals surface area contributed by atoms with E-state index in [1.165, 1.54) is 85.9 Å². The lowest BCUT2D eigenvalue weighted by atomic mass is 9.91. The first-order valence-corrected chi connectivity index (χ1v) is 20.0. The summed E-state index contributed by atoms with van der Waals surface area (Å²) in [5.41, 5.74) is 10.5. The fourth-order valence-corrected chi connectivity index (χ4v) is 9.65. The Morgan fingerprint density at radius 2 is 0.857 bits per heavy atom. The molecule has 56 heavy (non-hydrogen) atoms. The molecule has 0 bridgehead atoms. The van der Waals surface area contributed by atoms with Crippen molar-refractivity contribution in [2.45, 2.75) is 0 Å². The molecular weight excluding hydrogens is 695 g/mol. The first-order chi connectivity index (χ1) is 27.8. The Hall–Kier alpha value is -7.00. The predicted octanol–water partition coefficient (Wildman–Crippen LogP) is 16.0. The van der Waals surface area contributed by atoms with E-state index in [0.717, 1.165) is 17.1 Å². The molecule has 0 saturated heterocycles. The summed E-state index contributed by atoms with van der Waals surface area (Å²) in [6.45, 7) is 0. The highest BCUT2D eigenvalue weighted by Gasteiger charge is 2.22. The summed E-state index contributed by atoms with van der Waals surface area (Å²) in [4.78, 5) is 2.46. The van der Waals surface area contributed by atoms with Gasteiger partial charge in [0.15, 0.2) is 0 Å². The van der Waals surface area contributed by atoms with Crippen LogP contribution in [0, 0.1) is 0 Å². The summed E-state index contributed by atoms with van der Waals surface area (Å²) in [6, 6.07) is 77.9. The van der Waals surface area contributed by atoms with Gasteiger partial charge in [-0.1, -0.05) is 158 Å². The number of hydrogen-bond donors (Lipinski definition) is 0. The van der Waals surface area contributed by atoms with Gasteiger partial charge in [-0.05, 0) is 109 Å².